The third-order valence-electron chi connectivity index (χ3n) is 2.63. The highest BCUT2D eigenvalue weighted by atomic mass is 32.1. The molecule has 2 rings (SSSR count). The van der Waals surface area contributed by atoms with Crippen LogP contribution in [0.15, 0.2) is 18.2 Å². The lowest BCUT2D eigenvalue weighted by Crippen LogP contribution is -2.40. The third kappa shape index (κ3) is 2.66. The minimum Gasteiger partial charge on any atom is -0.496 e. The van der Waals surface area contributed by atoms with Gasteiger partial charge in [-0.25, -0.2) is 0 Å². The van der Waals surface area contributed by atoms with Crippen LogP contribution in [0, 0.1) is 0 Å². The minimum atomic E-state index is -0.288. The van der Waals surface area contributed by atoms with Crippen LogP contribution < -0.4 is 15.8 Å². The average molecular weight is 278 g/mol. The molecule has 0 bridgehead atoms. The van der Waals surface area contributed by atoms with Crippen molar-refractivity contribution in [2.45, 2.75) is 26.3 Å². The van der Waals surface area contributed by atoms with E-state index in [0.29, 0.717) is 16.3 Å². The zero-order valence-corrected chi connectivity index (χ0v) is 12.4. The van der Waals surface area contributed by atoms with Crippen molar-refractivity contribution in [2.24, 2.45) is 0 Å². The Kier molecular flexibility index (Phi) is 3.41. The van der Waals surface area contributed by atoms with Crippen LogP contribution in [-0.2, 0) is 0 Å². The predicted molar refractivity (Wildman–Crippen MR) is 80.0 cm³/mol. The van der Waals surface area contributed by atoms with Gasteiger partial charge in [0.1, 0.15) is 10.6 Å². The number of ether oxygens (including phenoxy) is 1. The number of anilines is 1. The van der Waals surface area contributed by atoms with E-state index < -0.39 is 0 Å². The molecule has 3 N–H and O–H groups in total. The number of rotatable bonds is 2. The molecule has 1 heterocycles. The highest BCUT2D eigenvalue weighted by Gasteiger charge is 2.22. The van der Waals surface area contributed by atoms with Gasteiger partial charge < -0.3 is 15.8 Å². The Bertz CT molecular complexity index is 626. The van der Waals surface area contributed by atoms with E-state index in [2.05, 4.69) is 5.32 Å². The van der Waals surface area contributed by atoms with Crippen molar-refractivity contribution in [3.05, 3.63) is 23.1 Å². The van der Waals surface area contributed by atoms with E-state index in [1.165, 1.54) is 11.3 Å². The number of methoxy groups -OCH3 is 1. The first-order valence-electron chi connectivity index (χ1n) is 6.01. The summed E-state index contributed by atoms with van der Waals surface area (Å²) in [5, 5.41) is 3.74. The molecule has 0 radical (unpaired) electrons. The molecule has 1 aromatic heterocycles. The number of nitrogens with one attached hydrogen (secondary N) is 1. The summed E-state index contributed by atoms with van der Waals surface area (Å²) in [6, 6.07) is 5.67. The molecule has 5 heteroatoms. The molecule has 1 amide bonds. The second-order valence-corrected chi connectivity index (χ2v) is 6.43. The number of amides is 1. The normalized spacial score (nSPS) is 11.6. The summed E-state index contributed by atoms with van der Waals surface area (Å²) in [5.74, 6) is 0.550. The maximum absolute atomic E-state index is 12.2. The molecule has 0 spiro atoms. The average Bonchev–Trinajstić information content (AvgIpc) is 2.65. The molecule has 0 atom stereocenters. The van der Waals surface area contributed by atoms with Gasteiger partial charge >= 0.3 is 0 Å². The molecular weight excluding hydrogens is 260 g/mol. The van der Waals surface area contributed by atoms with Crippen LogP contribution in [0.4, 0.5) is 5.69 Å². The van der Waals surface area contributed by atoms with Crippen molar-refractivity contribution in [1.29, 1.82) is 0 Å². The Morgan fingerprint density at radius 1 is 1.37 bits per heavy atom. The largest absolute Gasteiger partial charge is 0.496 e. The standard InChI is InChI=1S/C14H18N2O2S/c1-14(2,3)16-13(17)12-11(15)10-8(18-4)6-5-7-9(10)19-12/h5-7H,15H2,1-4H3,(H,16,17). The van der Waals surface area contributed by atoms with E-state index in [4.69, 9.17) is 10.5 Å². The van der Waals surface area contributed by atoms with Gasteiger partial charge in [0.05, 0.1) is 18.2 Å². The van der Waals surface area contributed by atoms with Crippen LogP contribution in [0.2, 0.25) is 0 Å². The molecule has 0 aliphatic carbocycles. The van der Waals surface area contributed by atoms with Crippen molar-refractivity contribution in [2.75, 3.05) is 12.8 Å². The highest BCUT2D eigenvalue weighted by molar-refractivity contribution is 7.21. The lowest BCUT2D eigenvalue weighted by Gasteiger charge is -2.20. The maximum atomic E-state index is 12.2. The molecule has 1 aromatic carbocycles. The molecule has 0 saturated carbocycles. The van der Waals surface area contributed by atoms with Crippen molar-refractivity contribution in [3.8, 4) is 5.75 Å². The molecule has 0 unspecified atom stereocenters. The summed E-state index contributed by atoms with van der Waals surface area (Å²) in [4.78, 5) is 12.8. The van der Waals surface area contributed by atoms with E-state index in [-0.39, 0.29) is 11.4 Å². The van der Waals surface area contributed by atoms with Gasteiger partial charge in [-0.15, -0.1) is 11.3 Å². The second-order valence-electron chi connectivity index (χ2n) is 5.38. The molecule has 0 saturated heterocycles. The number of fused-ring (bicyclic) bond motifs is 1. The second kappa shape index (κ2) is 4.74. The smallest absolute Gasteiger partial charge is 0.263 e. The van der Waals surface area contributed by atoms with Gasteiger partial charge in [-0.1, -0.05) is 6.07 Å². The summed E-state index contributed by atoms with van der Waals surface area (Å²) in [6.45, 7) is 5.82. The number of nitrogen functional groups attached to an aromatic ring is 1. The lowest BCUT2D eigenvalue weighted by molar-refractivity contribution is 0.0924. The van der Waals surface area contributed by atoms with Gasteiger partial charge in [0.15, 0.2) is 0 Å². The van der Waals surface area contributed by atoms with E-state index in [1.54, 1.807) is 7.11 Å². The molecule has 0 fully saturated rings. The minimum absolute atomic E-state index is 0.145. The summed E-state index contributed by atoms with van der Waals surface area (Å²) in [5.41, 5.74) is 6.30. The Labute approximate surface area is 116 Å². The number of nitrogens with two attached hydrogens (primary N) is 1. The molecule has 0 aliphatic rings. The first kappa shape index (κ1) is 13.7. The first-order chi connectivity index (χ1) is 8.83. The quantitative estimate of drug-likeness (QED) is 0.887. The fraction of sp³-hybridized carbons (Fsp3) is 0.357. The predicted octanol–water partition coefficient (Wildman–Crippen LogP) is 3.02. The van der Waals surface area contributed by atoms with Gasteiger partial charge in [-0.2, -0.15) is 0 Å². The van der Waals surface area contributed by atoms with Crippen LogP contribution in [0.3, 0.4) is 0 Å². The molecule has 0 aliphatic heterocycles. The Hall–Kier alpha value is -1.75. The van der Waals surface area contributed by atoms with Gasteiger partial charge in [0.25, 0.3) is 5.91 Å². The van der Waals surface area contributed by atoms with Crippen LogP contribution in [0.5, 0.6) is 5.75 Å². The first-order valence-corrected chi connectivity index (χ1v) is 6.82. The summed E-state index contributed by atoms with van der Waals surface area (Å²) in [6.07, 6.45) is 0. The summed E-state index contributed by atoms with van der Waals surface area (Å²) >= 11 is 1.39. The van der Waals surface area contributed by atoms with Gasteiger partial charge in [0.2, 0.25) is 0 Å². The molecular formula is C14H18N2O2S. The Morgan fingerprint density at radius 2 is 2.05 bits per heavy atom. The number of hydrogen-bond acceptors (Lipinski definition) is 4. The summed E-state index contributed by atoms with van der Waals surface area (Å²) in [7, 11) is 1.60. The number of thiophene rings is 1. The van der Waals surface area contributed by atoms with Gasteiger partial charge in [-0.3, -0.25) is 4.79 Å². The Balaban J connectivity index is 2.51. The zero-order chi connectivity index (χ0) is 14.2. The molecule has 19 heavy (non-hydrogen) atoms. The van der Waals surface area contributed by atoms with E-state index >= 15 is 0 Å². The van der Waals surface area contributed by atoms with Crippen molar-refractivity contribution in [1.82, 2.24) is 5.32 Å². The Morgan fingerprint density at radius 3 is 2.63 bits per heavy atom. The molecule has 4 nitrogen and oxygen atoms in total. The number of hydrogen-bond donors (Lipinski definition) is 2. The van der Waals surface area contributed by atoms with Crippen LogP contribution in [0.1, 0.15) is 30.4 Å². The topological polar surface area (TPSA) is 64.3 Å². The number of carbonyl (C=O) groups is 1. The van der Waals surface area contributed by atoms with Gasteiger partial charge in [-0.05, 0) is 32.9 Å². The van der Waals surface area contributed by atoms with E-state index in [0.717, 1.165) is 10.1 Å². The number of benzene rings is 1. The van der Waals surface area contributed by atoms with Crippen molar-refractivity contribution < 1.29 is 9.53 Å². The monoisotopic (exact) mass is 278 g/mol. The van der Waals surface area contributed by atoms with Crippen LogP contribution in [-0.4, -0.2) is 18.6 Å². The van der Waals surface area contributed by atoms with Crippen LogP contribution >= 0.6 is 11.3 Å². The SMILES string of the molecule is COc1cccc2sc(C(=O)NC(C)(C)C)c(N)c12. The fourth-order valence-electron chi connectivity index (χ4n) is 1.88. The van der Waals surface area contributed by atoms with E-state index in [1.807, 2.05) is 39.0 Å². The number of carbonyl (C=O) groups excluding carboxylic acids is 1. The fourth-order valence-corrected chi connectivity index (χ4v) is 2.91. The van der Waals surface area contributed by atoms with Gasteiger partial charge in [0, 0.05) is 10.2 Å². The lowest BCUT2D eigenvalue weighted by atomic mass is 10.1. The molecule has 2 aromatic rings. The maximum Gasteiger partial charge on any atom is 0.263 e. The molecule has 102 valence electrons. The third-order valence-corrected chi connectivity index (χ3v) is 3.80. The van der Waals surface area contributed by atoms with Crippen molar-refractivity contribution >= 4 is 33.0 Å². The zero-order valence-electron chi connectivity index (χ0n) is 11.5. The van der Waals surface area contributed by atoms with Crippen LogP contribution in [0.25, 0.3) is 10.1 Å². The van der Waals surface area contributed by atoms with E-state index in [9.17, 15) is 4.79 Å². The van der Waals surface area contributed by atoms with Crippen molar-refractivity contribution in [3.63, 3.8) is 0 Å². The highest BCUT2D eigenvalue weighted by Crippen LogP contribution is 2.39. The summed E-state index contributed by atoms with van der Waals surface area (Å²) < 4.78 is 6.25.